The van der Waals surface area contributed by atoms with Gasteiger partial charge in [-0.15, -0.1) is 0 Å². The molecule has 2 heterocycles. The van der Waals surface area contributed by atoms with Crippen molar-refractivity contribution >= 4 is 29.9 Å². The van der Waals surface area contributed by atoms with Crippen LogP contribution in [0.2, 0.25) is 18.1 Å². The normalized spacial score (nSPS) is 14.8. The summed E-state index contributed by atoms with van der Waals surface area (Å²) in [6.07, 6.45) is 3.47. The predicted molar refractivity (Wildman–Crippen MR) is 159 cm³/mol. The zero-order valence-electron chi connectivity index (χ0n) is 24.4. The predicted octanol–water partition coefficient (Wildman–Crippen LogP) is 6.77. The van der Waals surface area contributed by atoms with Crippen LogP contribution in [0, 0.1) is 0 Å². The van der Waals surface area contributed by atoms with Gasteiger partial charge in [-0.25, -0.2) is 13.4 Å². The minimum absolute atomic E-state index is 0.116. The molecule has 1 amide bonds. The Labute approximate surface area is 238 Å². The Kier molecular flexibility index (Phi) is 7.92. The summed E-state index contributed by atoms with van der Waals surface area (Å²) in [6.45, 7) is 15.4. The van der Waals surface area contributed by atoms with E-state index in [-0.39, 0.29) is 15.8 Å². The number of rotatable bonds is 8. The highest BCUT2D eigenvalue weighted by Crippen LogP contribution is 2.43. The average molecular weight is 583 g/mol. The van der Waals surface area contributed by atoms with Gasteiger partial charge in [-0.2, -0.15) is 0 Å². The SMILES string of the molecule is CC1(C)Cc2c(Oc3ccc(S(C)(=O)=O)cc3)cc(C(=O)Nc3ccc(CO[Si](C)(C)C(C)(C)C)cn3)cc2O1. The van der Waals surface area contributed by atoms with Gasteiger partial charge in [-0.3, -0.25) is 4.79 Å². The number of benzene rings is 2. The van der Waals surface area contributed by atoms with Crippen LogP contribution in [-0.2, 0) is 27.3 Å². The third-order valence-electron chi connectivity index (χ3n) is 7.37. The number of anilines is 1. The molecule has 0 atom stereocenters. The molecule has 0 saturated carbocycles. The maximum absolute atomic E-state index is 13.2. The summed E-state index contributed by atoms with van der Waals surface area (Å²) < 4.78 is 42.1. The highest BCUT2D eigenvalue weighted by molar-refractivity contribution is 7.90. The van der Waals surface area contributed by atoms with Gasteiger partial charge in [0.15, 0.2) is 18.2 Å². The molecule has 0 radical (unpaired) electrons. The van der Waals surface area contributed by atoms with Gasteiger partial charge >= 0.3 is 0 Å². The Morgan fingerprint density at radius 2 is 1.77 bits per heavy atom. The number of ether oxygens (including phenoxy) is 2. The summed E-state index contributed by atoms with van der Waals surface area (Å²) in [4.78, 5) is 17.9. The molecule has 0 unspecified atom stereocenters. The zero-order valence-corrected chi connectivity index (χ0v) is 26.2. The number of aromatic nitrogens is 1. The minimum atomic E-state index is -3.32. The lowest BCUT2D eigenvalue weighted by atomic mass is 9.99. The van der Waals surface area contributed by atoms with E-state index < -0.39 is 23.8 Å². The van der Waals surface area contributed by atoms with Crippen molar-refractivity contribution in [2.24, 2.45) is 0 Å². The molecule has 2 aromatic carbocycles. The molecule has 8 nitrogen and oxygen atoms in total. The fraction of sp³-hybridized carbons (Fsp3) is 0.400. The van der Waals surface area contributed by atoms with Crippen molar-refractivity contribution < 1.29 is 27.1 Å². The van der Waals surface area contributed by atoms with Crippen molar-refractivity contribution in [3.05, 3.63) is 71.4 Å². The molecule has 10 heteroatoms. The molecule has 3 aromatic rings. The van der Waals surface area contributed by atoms with E-state index in [4.69, 9.17) is 13.9 Å². The van der Waals surface area contributed by atoms with Crippen molar-refractivity contribution in [2.45, 2.75) is 76.3 Å². The lowest BCUT2D eigenvalue weighted by Crippen LogP contribution is -2.40. The Morgan fingerprint density at radius 1 is 1.10 bits per heavy atom. The van der Waals surface area contributed by atoms with E-state index in [2.05, 4.69) is 44.2 Å². The van der Waals surface area contributed by atoms with Crippen molar-refractivity contribution in [3.8, 4) is 17.2 Å². The number of nitrogens with one attached hydrogen (secondary N) is 1. The average Bonchev–Trinajstić information content (AvgIpc) is 3.17. The van der Waals surface area contributed by atoms with Crippen molar-refractivity contribution in [1.82, 2.24) is 4.98 Å². The summed E-state index contributed by atoms with van der Waals surface area (Å²) in [7, 11) is -5.21. The second-order valence-corrected chi connectivity index (χ2v) is 19.2. The van der Waals surface area contributed by atoms with Crippen LogP contribution in [0.1, 0.15) is 56.1 Å². The van der Waals surface area contributed by atoms with Gasteiger partial charge < -0.3 is 19.2 Å². The van der Waals surface area contributed by atoms with Crippen LogP contribution in [0.4, 0.5) is 5.82 Å². The number of hydrogen-bond acceptors (Lipinski definition) is 7. The smallest absolute Gasteiger partial charge is 0.257 e. The number of carbonyl (C=O) groups is 1. The van der Waals surface area contributed by atoms with Gasteiger partial charge in [0.05, 0.1) is 11.5 Å². The van der Waals surface area contributed by atoms with Crippen LogP contribution in [0.25, 0.3) is 0 Å². The zero-order chi connectivity index (χ0) is 29.5. The Hall–Kier alpha value is -3.21. The molecule has 1 aromatic heterocycles. The first kappa shape index (κ1) is 29.8. The maximum Gasteiger partial charge on any atom is 0.257 e. The standard InChI is InChI=1S/C30H38N2O6SSi/c1-29(2,3)40(7,8)36-19-20-9-14-27(31-18-20)32-28(33)21-15-25(24-17-30(4,5)38-26(24)16-21)37-22-10-12-23(13-11-22)39(6,34)35/h9-16,18H,17,19H2,1-8H3,(H,31,32,33). The fourth-order valence-corrected chi connectivity index (χ4v) is 5.59. The van der Waals surface area contributed by atoms with Crippen molar-refractivity contribution in [3.63, 3.8) is 0 Å². The number of nitrogens with zero attached hydrogens (tertiary/aromatic N) is 1. The lowest BCUT2D eigenvalue weighted by molar-refractivity contribution is 0.102. The topological polar surface area (TPSA) is 104 Å². The molecule has 214 valence electrons. The number of fused-ring (bicyclic) bond motifs is 1. The van der Waals surface area contributed by atoms with E-state index >= 15 is 0 Å². The first-order valence-electron chi connectivity index (χ1n) is 13.2. The lowest BCUT2D eigenvalue weighted by Gasteiger charge is -2.36. The maximum atomic E-state index is 13.2. The molecule has 0 aliphatic carbocycles. The number of hydrogen-bond donors (Lipinski definition) is 1. The molecule has 0 fully saturated rings. The van der Waals surface area contributed by atoms with Gasteiger partial charge in [0.2, 0.25) is 0 Å². The molecule has 0 saturated heterocycles. The number of carbonyl (C=O) groups excluding carboxylic acids is 1. The van der Waals surface area contributed by atoms with Crippen LogP contribution in [0.5, 0.6) is 17.2 Å². The third-order valence-corrected chi connectivity index (χ3v) is 13.0. The van der Waals surface area contributed by atoms with Gasteiger partial charge in [-0.05, 0) is 80.0 Å². The summed E-state index contributed by atoms with van der Waals surface area (Å²) in [5.74, 6) is 1.57. The molecule has 1 N–H and O–H groups in total. The van der Waals surface area contributed by atoms with E-state index in [9.17, 15) is 13.2 Å². The molecule has 40 heavy (non-hydrogen) atoms. The highest BCUT2D eigenvalue weighted by atomic mass is 32.2. The van der Waals surface area contributed by atoms with Gasteiger partial charge in [0.1, 0.15) is 28.7 Å². The molecule has 0 bridgehead atoms. The highest BCUT2D eigenvalue weighted by Gasteiger charge is 2.37. The first-order valence-corrected chi connectivity index (χ1v) is 18.0. The van der Waals surface area contributed by atoms with Crippen LogP contribution in [-0.4, -0.2) is 39.5 Å². The number of amides is 1. The molecule has 1 aliphatic heterocycles. The van der Waals surface area contributed by atoms with Crippen LogP contribution < -0.4 is 14.8 Å². The summed E-state index contributed by atoms with van der Waals surface area (Å²) >= 11 is 0. The Bertz CT molecular complexity index is 1510. The Balaban J connectivity index is 1.52. The minimum Gasteiger partial charge on any atom is -0.487 e. The summed E-state index contributed by atoms with van der Waals surface area (Å²) in [6, 6.07) is 13.2. The molecule has 1 aliphatic rings. The second-order valence-electron chi connectivity index (χ2n) is 12.4. The summed E-state index contributed by atoms with van der Waals surface area (Å²) in [5.41, 5.74) is 1.68. The first-order chi connectivity index (χ1) is 18.4. The van der Waals surface area contributed by atoms with E-state index in [1.165, 1.54) is 12.1 Å². The van der Waals surface area contributed by atoms with Gasteiger partial charge in [-0.1, -0.05) is 26.8 Å². The molecular formula is C30H38N2O6SSi. The monoisotopic (exact) mass is 582 g/mol. The van der Waals surface area contributed by atoms with E-state index in [0.29, 0.717) is 41.7 Å². The fourth-order valence-electron chi connectivity index (χ4n) is 4.00. The molecule has 4 rings (SSSR count). The third kappa shape index (κ3) is 6.91. The van der Waals surface area contributed by atoms with Gasteiger partial charge in [0, 0.05) is 30.0 Å². The Morgan fingerprint density at radius 3 is 2.35 bits per heavy atom. The largest absolute Gasteiger partial charge is 0.487 e. The van der Waals surface area contributed by atoms with E-state index in [1.54, 1.807) is 36.5 Å². The molecule has 0 spiro atoms. The van der Waals surface area contributed by atoms with Crippen molar-refractivity contribution in [2.75, 3.05) is 11.6 Å². The quantitative estimate of drug-likeness (QED) is 0.293. The van der Waals surface area contributed by atoms with Gasteiger partial charge in [0.25, 0.3) is 5.91 Å². The molecular weight excluding hydrogens is 544 g/mol. The number of sulfone groups is 1. The van der Waals surface area contributed by atoms with Crippen LogP contribution in [0.15, 0.2) is 59.6 Å². The van der Waals surface area contributed by atoms with E-state index in [0.717, 1.165) is 17.4 Å². The second kappa shape index (κ2) is 10.6. The van der Waals surface area contributed by atoms with Crippen LogP contribution >= 0.6 is 0 Å². The van der Waals surface area contributed by atoms with E-state index in [1.807, 2.05) is 19.9 Å². The van der Waals surface area contributed by atoms with Crippen molar-refractivity contribution in [1.29, 1.82) is 0 Å². The summed E-state index contributed by atoms with van der Waals surface area (Å²) in [5, 5.41) is 2.97. The number of pyridine rings is 1. The van der Waals surface area contributed by atoms with Crippen LogP contribution in [0.3, 0.4) is 0 Å².